The molecule has 0 saturated carbocycles. The highest BCUT2D eigenvalue weighted by molar-refractivity contribution is 5.93. The maximum Gasteiger partial charge on any atom is 0.204 e. The lowest BCUT2D eigenvalue weighted by atomic mass is 10.2. The van der Waals surface area contributed by atoms with Gasteiger partial charge in [0.25, 0.3) is 0 Å². The molecule has 1 N–H and O–H groups in total. The number of benzene rings is 2. The van der Waals surface area contributed by atoms with Crippen LogP contribution >= 0.6 is 0 Å². The van der Waals surface area contributed by atoms with Gasteiger partial charge in [0.2, 0.25) is 5.82 Å². The van der Waals surface area contributed by atoms with Crippen molar-refractivity contribution in [2.45, 2.75) is 0 Å². The number of ether oxygens (including phenoxy) is 1. The standard InChI is InChI=1S/C15H13N5O2/c1-22-13-7-3-5-11(9-13)15(21)16-12-6-2-4-10(8-12)14-17-19-20-18-14/h2-9H,1H3,(H,16,21)(H,17,18,19,20)/p-1. The molecule has 0 radical (unpaired) electrons. The number of aromatic amines is 1. The Morgan fingerprint density at radius 1 is 1.18 bits per heavy atom. The van der Waals surface area contributed by atoms with Crippen molar-refractivity contribution in [2.75, 3.05) is 7.11 Å². The van der Waals surface area contributed by atoms with Crippen LogP contribution in [0.15, 0.2) is 53.5 Å². The first-order valence-corrected chi connectivity index (χ1v) is 6.50. The molecule has 0 atom stereocenters. The van der Waals surface area contributed by atoms with Gasteiger partial charge < -0.3 is 9.84 Å². The average Bonchev–Trinajstić information content (AvgIpc) is 3.10. The zero-order valence-electron chi connectivity index (χ0n) is 11.7. The Hall–Kier alpha value is -3.22. The summed E-state index contributed by atoms with van der Waals surface area (Å²) in [6.07, 6.45) is 0. The Kier molecular flexibility index (Phi) is 3.78. The maximum atomic E-state index is 12.2. The lowest BCUT2D eigenvalue weighted by Crippen LogP contribution is -2.18. The molecule has 0 aliphatic heterocycles. The monoisotopic (exact) mass is 294 g/mol. The van der Waals surface area contributed by atoms with Gasteiger partial charge in [0, 0.05) is 5.56 Å². The van der Waals surface area contributed by atoms with Gasteiger partial charge in [-0.2, -0.15) is 5.21 Å². The summed E-state index contributed by atoms with van der Waals surface area (Å²) >= 11 is 0. The van der Waals surface area contributed by atoms with E-state index in [9.17, 15) is 5.11 Å². The van der Waals surface area contributed by atoms with Crippen molar-refractivity contribution in [2.24, 2.45) is 4.99 Å². The van der Waals surface area contributed by atoms with E-state index >= 15 is 0 Å². The smallest absolute Gasteiger partial charge is 0.204 e. The van der Waals surface area contributed by atoms with E-state index in [1.54, 1.807) is 49.6 Å². The second-order valence-electron chi connectivity index (χ2n) is 4.43. The molecule has 3 rings (SSSR count). The zero-order chi connectivity index (χ0) is 15.4. The zero-order valence-corrected chi connectivity index (χ0v) is 11.7. The number of methoxy groups -OCH3 is 1. The fourth-order valence-corrected chi connectivity index (χ4v) is 1.94. The summed E-state index contributed by atoms with van der Waals surface area (Å²) in [4.78, 5) is 4.09. The first kappa shape index (κ1) is 13.7. The number of nitrogens with one attached hydrogen (secondary N) is 1. The first-order chi connectivity index (χ1) is 10.8. The molecule has 0 saturated heterocycles. The van der Waals surface area contributed by atoms with Crippen LogP contribution in [-0.2, 0) is 0 Å². The Bertz CT molecular complexity index is 799. The van der Waals surface area contributed by atoms with Crippen molar-refractivity contribution in [3.8, 4) is 17.1 Å². The van der Waals surface area contributed by atoms with Gasteiger partial charge in [0.05, 0.1) is 12.8 Å². The van der Waals surface area contributed by atoms with E-state index in [1.165, 1.54) is 0 Å². The summed E-state index contributed by atoms with van der Waals surface area (Å²) in [7, 11) is 1.55. The summed E-state index contributed by atoms with van der Waals surface area (Å²) < 4.78 is 5.10. The molecule has 0 unspecified atom stereocenters. The van der Waals surface area contributed by atoms with E-state index in [1.807, 2.05) is 6.07 Å². The molecular formula is C15H12N5O2-. The van der Waals surface area contributed by atoms with Crippen LogP contribution in [0.5, 0.6) is 5.75 Å². The third kappa shape index (κ3) is 2.93. The fraction of sp³-hybridized carbons (Fsp3) is 0.0667. The molecule has 7 nitrogen and oxygen atoms in total. The molecule has 7 heteroatoms. The second-order valence-corrected chi connectivity index (χ2v) is 4.43. The molecule has 2 aromatic carbocycles. The topological polar surface area (TPSA) is 99.1 Å². The number of nitrogens with zero attached hydrogens (tertiary/aromatic N) is 4. The highest BCUT2D eigenvalue weighted by atomic mass is 16.5. The van der Waals surface area contributed by atoms with E-state index in [4.69, 9.17) is 4.74 Å². The van der Waals surface area contributed by atoms with Gasteiger partial charge >= 0.3 is 0 Å². The van der Waals surface area contributed by atoms with Crippen LogP contribution in [0.1, 0.15) is 5.56 Å². The highest BCUT2D eigenvalue weighted by Gasteiger charge is 2.03. The minimum atomic E-state index is -0.343. The van der Waals surface area contributed by atoms with Crippen LogP contribution < -0.4 is 9.84 Å². The van der Waals surface area contributed by atoms with Crippen LogP contribution in [0, 0.1) is 0 Å². The molecule has 22 heavy (non-hydrogen) atoms. The molecule has 3 aromatic rings. The summed E-state index contributed by atoms with van der Waals surface area (Å²) in [5, 5.41) is 25.9. The number of aliphatic imine (C=N–C) groups is 1. The fourth-order valence-electron chi connectivity index (χ4n) is 1.94. The first-order valence-electron chi connectivity index (χ1n) is 6.50. The largest absolute Gasteiger partial charge is 0.858 e. The molecular weight excluding hydrogens is 282 g/mol. The number of H-pyrrole nitrogens is 1. The molecule has 110 valence electrons. The minimum Gasteiger partial charge on any atom is -0.858 e. The number of rotatable bonds is 4. The third-order valence-electron chi connectivity index (χ3n) is 3.00. The SMILES string of the molecule is COc1cccc(C([O-])=Nc2cccc(-c3nn[nH]n3)c2)c1. The van der Waals surface area contributed by atoms with Gasteiger partial charge in [0.15, 0.2) is 0 Å². The van der Waals surface area contributed by atoms with E-state index in [0.29, 0.717) is 22.8 Å². The van der Waals surface area contributed by atoms with E-state index in [0.717, 1.165) is 5.56 Å². The van der Waals surface area contributed by atoms with E-state index < -0.39 is 0 Å². The van der Waals surface area contributed by atoms with Crippen LogP contribution in [-0.4, -0.2) is 33.6 Å². The predicted molar refractivity (Wildman–Crippen MR) is 78.8 cm³/mol. The van der Waals surface area contributed by atoms with Gasteiger partial charge in [-0.15, -0.1) is 10.2 Å². The second kappa shape index (κ2) is 6.04. The van der Waals surface area contributed by atoms with Crippen molar-refractivity contribution in [1.29, 1.82) is 0 Å². The Labute approximate surface area is 126 Å². The Morgan fingerprint density at radius 3 is 2.82 bits per heavy atom. The van der Waals surface area contributed by atoms with Crippen molar-refractivity contribution in [3.05, 3.63) is 54.1 Å². The number of aromatic nitrogens is 4. The molecule has 0 fully saturated rings. The van der Waals surface area contributed by atoms with E-state index in [2.05, 4.69) is 25.6 Å². The molecule has 1 heterocycles. The average molecular weight is 294 g/mol. The lowest BCUT2D eigenvalue weighted by molar-refractivity contribution is -0.212. The lowest BCUT2D eigenvalue weighted by Gasteiger charge is -2.12. The van der Waals surface area contributed by atoms with Crippen molar-refractivity contribution >= 4 is 11.6 Å². The van der Waals surface area contributed by atoms with Crippen LogP contribution in [0.2, 0.25) is 0 Å². The van der Waals surface area contributed by atoms with Gasteiger partial charge in [-0.05, 0) is 40.9 Å². The predicted octanol–water partition coefficient (Wildman–Crippen LogP) is 1.31. The van der Waals surface area contributed by atoms with Crippen molar-refractivity contribution in [3.63, 3.8) is 0 Å². The molecule has 0 aliphatic rings. The van der Waals surface area contributed by atoms with Crippen LogP contribution in [0.25, 0.3) is 11.4 Å². The Balaban J connectivity index is 1.92. The van der Waals surface area contributed by atoms with Gasteiger partial charge in [-0.3, -0.25) is 4.99 Å². The van der Waals surface area contributed by atoms with Gasteiger partial charge in [0.1, 0.15) is 5.75 Å². The van der Waals surface area contributed by atoms with Crippen molar-refractivity contribution < 1.29 is 9.84 Å². The number of hydrogen-bond acceptors (Lipinski definition) is 6. The normalized spacial score (nSPS) is 11.4. The third-order valence-corrected chi connectivity index (χ3v) is 3.00. The summed E-state index contributed by atoms with van der Waals surface area (Å²) in [5.74, 6) is 0.719. The maximum absolute atomic E-state index is 12.2. The summed E-state index contributed by atoms with van der Waals surface area (Å²) in [6, 6.07) is 13.9. The molecule has 0 aliphatic carbocycles. The Morgan fingerprint density at radius 2 is 2.05 bits per heavy atom. The highest BCUT2D eigenvalue weighted by Crippen LogP contribution is 2.21. The number of tetrazole rings is 1. The van der Waals surface area contributed by atoms with Crippen molar-refractivity contribution in [1.82, 2.24) is 20.6 Å². The van der Waals surface area contributed by atoms with Crippen LogP contribution in [0.4, 0.5) is 5.69 Å². The van der Waals surface area contributed by atoms with Gasteiger partial charge in [-0.1, -0.05) is 24.3 Å². The minimum absolute atomic E-state index is 0.343. The van der Waals surface area contributed by atoms with E-state index in [-0.39, 0.29) is 5.90 Å². The molecule has 0 amide bonds. The summed E-state index contributed by atoms with van der Waals surface area (Å²) in [5.41, 5.74) is 1.72. The quantitative estimate of drug-likeness (QED) is 0.578. The summed E-state index contributed by atoms with van der Waals surface area (Å²) in [6.45, 7) is 0. The van der Waals surface area contributed by atoms with Gasteiger partial charge in [-0.25, -0.2) is 0 Å². The molecule has 1 aromatic heterocycles. The number of hydrogen-bond donors (Lipinski definition) is 1. The molecule has 0 bridgehead atoms. The molecule has 0 spiro atoms. The van der Waals surface area contributed by atoms with Crippen LogP contribution in [0.3, 0.4) is 0 Å².